The molecular weight excluding hydrogens is 296 g/mol. The summed E-state index contributed by atoms with van der Waals surface area (Å²) in [7, 11) is 0. The van der Waals surface area contributed by atoms with Crippen LogP contribution >= 0.6 is 23.4 Å². The lowest BCUT2D eigenvalue weighted by Crippen LogP contribution is -2.01. The third-order valence-corrected chi connectivity index (χ3v) is 4.41. The fourth-order valence-electron chi connectivity index (χ4n) is 1.88. The van der Waals surface area contributed by atoms with E-state index >= 15 is 0 Å². The molecule has 2 aromatic rings. The van der Waals surface area contributed by atoms with Crippen LogP contribution in [0.5, 0.6) is 0 Å². The van der Waals surface area contributed by atoms with Gasteiger partial charge in [0.15, 0.2) is 0 Å². The number of hydrogen-bond donors (Lipinski definition) is 1. The number of halogens is 1. The Morgan fingerprint density at radius 1 is 1.50 bits per heavy atom. The number of carboxylic acid groups (broad SMARTS) is 1. The highest BCUT2D eigenvalue weighted by Crippen LogP contribution is 2.29. The number of benzene rings is 1. The maximum Gasteiger partial charge on any atom is 0.335 e. The molecule has 20 heavy (non-hydrogen) atoms. The highest BCUT2D eigenvalue weighted by Gasteiger charge is 2.13. The van der Waals surface area contributed by atoms with Crippen LogP contribution in [0.3, 0.4) is 0 Å². The SMILES string of the molecule is CCn1nc(C)c(Cl)c1CSc1cccc(C(=O)O)c1. The zero-order valence-corrected chi connectivity index (χ0v) is 12.8. The van der Waals surface area contributed by atoms with Crippen LogP contribution < -0.4 is 0 Å². The van der Waals surface area contributed by atoms with Crippen molar-refractivity contribution < 1.29 is 9.90 Å². The van der Waals surface area contributed by atoms with Crippen molar-refractivity contribution in [3.05, 3.63) is 46.2 Å². The van der Waals surface area contributed by atoms with Crippen LogP contribution in [0.1, 0.15) is 28.7 Å². The Morgan fingerprint density at radius 3 is 2.90 bits per heavy atom. The third-order valence-electron chi connectivity index (χ3n) is 2.91. The number of aromatic nitrogens is 2. The quantitative estimate of drug-likeness (QED) is 0.852. The largest absolute Gasteiger partial charge is 0.478 e. The number of rotatable bonds is 5. The van der Waals surface area contributed by atoms with Crippen molar-refractivity contribution in [1.29, 1.82) is 0 Å². The molecule has 6 heteroatoms. The van der Waals surface area contributed by atoms with Crippen molar-refractivity contribution in [3.63, 3.8) is 0 Å². The second-order valence-electron chi connectivity index (χ2n) is 4.28. The smallest absolute Gasteiger partial charge is 0.335 e. The second-order valence-corrected chi connectivity index (χ2v) is 5.71. The van der Waals surface area contributed by atoms with Gasteiger partial charge in [0.25, 0.3) is 0 Å². The normalized spacial score (nSPS) is 10.8. The predicted octanol–water partition coefficient (Wildman–Crippen LogP) is 3.86. The van der Waals surface area contributed by atoms with Gasteiger partial charge in [-0.2, -0.15) is 5.10 Å². The standard InChI is InChI=1S/C14H15ClN2O2S/c1-3-17-12(13(15)9(2)16-17)8-20-11-6-4-5-10(7-11)14(18)19/h4-7H,3,8H2,1-2H3,(H,18,19). The Bertz CT molecular complexity index is 640. The highest BCUT2D eigenvalue weighted by atomic mass is 35.5. The molecule has 2 rings (SSSR count). The zero-order chi connectivity index (χ0) is 14.7. The van der Waals surface area contributed by atoms with E-state index in [2.05, 4.69) is 5.10 Å². The molecule has 106 valence electrons. The van der Waals surface area contributed by atoms with Crippen molar-refractivity contribution in [2.75, 3.05) is 0 Å². The average Bonchev–Trinajstić information content (AvgIpc) is 2.72. The summed E-state index contributed by atoms with van der Waals surface area (Å²) in [6, 6.07) is 6.89. The van der Waals surface area contributed by atoms with Crippen molar-refractivity contribution in [1.82, 2.24) is 9.78 Å². The minimum atomic E-state index is -0.917. The van der Waals surface area contributed by atoms with E-state index in [1.165, 1.54) is 0 Å². The van der Waals surface area contributed by atoms with Crippen molar-refractivity contribution >= 4 is 29.3 Å². The van der Waals surface area contributed by atoms with Gasteiger partial charge in [0.2, 0.25) is 0 Å². The van der Waals surface area contributed by atoms with E-state index in [1.54, 1.807) is 30.0 Å². The van der Waals surface area contributed by atoms with Crippen LogP contribution in [0.15, 0.2) is 29.2 Å². The Kier molecular flexibility index (Phi) is 4.73. The Hall–Kier alpha value is -1.46. The molecular formula is C14H15ClN2O2S. The molecule has 0 fully saturated rings. The van der Waals surface area contributed by atoms with Gasteiger partial charge >= 0.3 is 5.97 Å². The van der Waals surface area contributed by atoms with Crippen LogP contribution in [-0.4, -0.2) is 20.9 Å². The van der Waals surface area contributed by atoms with E-state index < -0.39 is 5.97 Å². The Labute approximate surface area is 126 Å². The molecule has 0 unspecified atom stereocenters. The van der Waals surface area contributed by atoms with Crippen molar-refractivity contribution in [2.24, 2.45) is 0 Å². The summed E-state index contributed by atoms with van der Waals surface area (Å²) in [6.45, 7) is 4.66. The average molecular weight is 311 g/mol. The van der Waals surface area contributed by atoms with Crippen LogP contribution in [0, 0.1) is 6.92 Å². The van der Waals surface area contributed by atoms with E-state index in [9.17, 15) is 4.79 Å². The summed E-state index contributed by atoms with van der Waals surface area (Å²) in [5, 5.41) is 14.0. The van der Waals surface area contributed by atoms with Gasteiger partial charge in [-0.05, 0) is 32.0 Å². The Morgan fingerprint density at radius 2 is 2.25 bits per heavy atom. The van der Waals surface area contributed by atoms with Gasteiger partial charge < -0.3 is 5.11 Å². The summed E-state index contributed by atoms with van der Waals surface area (Å²) < 4.78 is 1.88. The molecule has 1 aromatic carbocycles. The summed E-state index contributed by atoms with van der Waals surface area (Å²) in [4.78, 5) is 11.8. The summed E-state index contributed by atoms with van der Waals surface area (Å²) in [5.41, 5.74) is 2.09. The van der Waals surface area contributed by atoms with Gasteiger partial charge in [-0.3, -0.25) is 4.68 Å². The summed E-state index contributed by atoms with van der Waals surface area (Å²) in [6.07, 6.45) is 0. The first-order valence-electron chi connectivity index (χ1n) is 6.20. The molecule has 0 saturated heterocycles. The molecule has 0 bridgehead atoms. The molecule has 1 N–H and O–H groups in total. The van der Waals surface area contributed by atoms with Gasteiger partial charge in [-0.25, -0.2) is 4.79 Å². The zero-order valence-electron chi connectivity index (χ0n) is 11.3. The van der Waals surface area contributed by atoms with E-state index in [0.29, 0.717) is 16.3 Å². The van der Waals surface area contributed by atoms with Gasteiger partial charge in [0.1, 0.15) is 0 Å². The Balaban J connectivity index is 2.16. The number of carbonyl (C=O) groups is 1. The number of thioether (sulfide) groups is 1. The van der Waals surface area contributed by atoms with Gasteiger partial charge in [0, 0.05) is 17.2 Å². The van der Waals surface area contributed by atoms with E-state index in [0.717, 1.165) is 22.8 Å². The van der Waals surface area contributed by atoms with Gasteiger partial charge in [0.05, 0.1) is 22.0 Å². The molecule has 1 heterocycles. The van der Waals surface area contributed by atoms with E-state index in [-0.39, 0.29) is 0 Å². The maximum absolute atomic E-state index is 10.9. The molecule has 4 nitrogen and oxygen atoms in total. The molecule has 0 atom stereocenters. The number of hydrogen-bond acceptors (Lipinski definition) is 3. The molecule has 0 amide bonds. The molecule has 0 saturated carbocycles. The molecule has 1 aromatic heterocycles. The first-order valence-corrected chi connectivity index (χ1v) is 7.57. The first-order chi connectivity index (χ1) is 9.52. The fraction of sp³-hybridized carbons (Fsp3) is 0.286. The lowest BCUT2D eigenvalue weighted by atomic mass is 10.2. The molecule has 0 aliphatic rings. The number of nitrogens with zero attached hydrogens (tertiary/aromatic N) is 2. The second kappa shape index (κ2) is 6.33. The van der Waals surface area contributed by atoms with Crippen LogP contribution in [0.4, 0.5) is 0 Å². The lowest BCUT2D eigenvalue weighted by Gasteiger charge is -2.06. The number of aromatic carboxylic acids is 1. The van der Waals surface area contributed by atoms with E-state index in [1.807, 2.05) is 24.6 Å². The van der Waals surface area contributed by atoms with Crippen molar-refractivity contribution in [2.45, 2.75) is 31.0 Å². The lowest BCUT2D eigenvalue weighted by molar-refractivity contribution is 0.0696. The monoisotopic (exact) mass is 310 g/mol. The molecule has 0 aliphatic carbocycles. The third kappa shape index (κ3) is 3.16. The minimum absolute atomic E-state index is 0.293. The molecule has 0 aliphatic heterocycles. The number of carboxylic acids is 1. The predicted molar refractivity (Wildman–Crippen MR) is 80.6 cm³/mol. The van der Waals surface area contributed by atoms with Crippen LogP contribution in [-0.2, 0) is 12.3 Å². The summed E-state index contributed by atoms with van der Waals surface area (Å²) in [5.74, 6) is -0.253. The summed E-state index contributed by atoms with van der Waals surface area (Å²) >= 11 is 7.80. The maximum atomic E-state index is 10.9. The molecule has 0 spiro atoms. The minimum Gasteiger partial charge on any atom is -0.478 e. The van der Waals surface area contributed by atoms with Gasteiger partial charge in [-0.15, -0.1) is 11.8 Å². The first kappa shape index (κ1) is 14.9. The fourth-order valence-corrected chi connectivity index (χ4v) is 3.14. The number of aryl methyl sites for hydroxylation is 2. The van der Waals surface area contributed by atoms with Crippen molar-refractivity contribution in [3.8, 4) is 0 Å². The van der Waals surface area contributed by atoms with Gasteiger partial charge in [-0.1, -0.05) is 17.7 Å². The van der Waals surface area contributed by atoms with E-state index in [4.69, 9.17) is 16.7 Å². The topological polar surface area (TPSA) is 55.1 Å². The van der Waals surface area contributed by atoms with Crippen LogP contribution in [0.2, 0.25) is 5.02 Å². The molecule has 0 radical (unpaired) electrons. The highest BCUT2D eigenvalue weighted by molar-refractivity contribution is 7.98. The van der Waals surface area contributed by atoms with Crippen LogP contribution in [0.25, 0.3) is 0 Å².